The maximum Gasteiger partial charge on any atom is 0.238 e. The number of hydrogen-bond donors (Lipinski definition) is 0. The fourth-order valence-corrected chi connectivity index (χ4v) is 12.3. The standard InChI is InChI=1S/C51H35N4OP/c56-57(40-32-31-35-17-7-8-20-39(35)33-40)45-25-13-10-22-42(45)47-41-21-9-12-24-44(41)55(48(47)43-23-11-14-26-46(43)57)51-53-49(37-18-5-2-6-19-37)52-50(54-51)38-29-27-36(28-30-38)34-15-3-1-4-16-34/h1-25,27-33,46H,26H2. The summed E-state index contributed by atoms with van der Waals surface area (Å²) in [7, 11) is -3.31. The van der Waals surface area contributed by atoms with E-state index in [1.165, 1.54) is 0 Å². The average Bonchev–Trinajstić information content (AvgIpc) is 3.60. The summed E-state index contributed by atoms with van der Waals surface area (Å²) in [6.07, 6.45) is 7.08. The second-order valence-electron chi connectivity index (χ2n) is 14.7. The molecule has 0 radical (unpaired) electrons. The lowest BCUT2D eigenvalue weighted by Gasteiger charge is -2.31. The number of hydrogen-bond acceptors (Lipinski definition) is 4. The van der Waals surface area contributed by atoms with Crippen LogP contribution < -0.4 is 10.6 Å². The Hall–Kier alpha value is -6.94. The van der Waals surface area contributed by atoms with Crippen molar-refractivity contribution in [2.75, 3.05) is 0 Å². The van der Waals surface area contributed by atoms with Crippen molar-refractivity contribution < 1.29 is 4.57 Å². The van der Waals surface area contributed by atoms with E-state index in [0.717, 1.165) is 76.9 Å². The van der Waals surface area contributed by atoms with Crippen molar-refractivity contribution in [3.05, 3.63) is 200 Å². The monoisotopic (exact) mass is 750 g/mol. The smallest absolute Gasteiger partial charge is 0.238 e. The van der Waals surface area contributed by atoms with Crippen molar-refractivity contribution in [3.63, 3.8) is 0 Å². The van der Waals surface area contributed by atoms with Crippen LogP contribution in [0.4, 0.5) is 0 Å². The van der Waals surface area contributed by atoms with Gasteiger partial charge >= 0.3 is 0 Å². The van der Waals surface area contributed by atoms with Gasteiger partial charge < -0.3 is 4.57 Å². The lowest BCUT2D eigenvalue weighted by molar-refractivity contribution is 0.583. The predicted molar refractivity (Wildman–Crippen MR) is 235 cm³/mol. The molecule has 5 nitrogen and oxygen atoms in total. The maximum absolute atomic E-state index is 16.5. The molecule has 0 amide bonds. The van der Waals surface area contributed by atoms with Crippen LogP contribution in [-0.2, 0) is 4.57 Å². The fraction of sp³-hybridized carbons (Fsp3) is 0.0392. The Morgan fingerprint density at radius 2 is 1.18 bits per heavy atom. The molecule has 270 valence electrons. The number of benzene rings is 7. The number of fused-ring (bicyclic) bond motifs is 8. The van der Waals surface area contributed by atoms with E-state index in [2.05, 4.69) is 144 Å². The summed E-state index contributed by atoms with van der Waals surface area (Å²) in [4.78, 5) is 15.7. The summed E-state index contributed by atoms with van der Waals surface area (Å²) in [5.41, 5.74) is 8.73. The molecule has 0 fully saturated rings. The van der Waals surface area contributed by atoms with Crippen LogP contribution in [0.5, 0.6) is 0 Å². The van der Waals surface area contributed by atoms with E-state index in [1.807, 2.05) is 54.6 Å². The molecule has 1 aliphatic heterocycles. The van der Waals surface area contributed by atoms with Crippen molar-refractivity contribution in [2.24, 2.45) is 0 Å². The Kier molecular flexibility index (Phi) is 7.84. The molecule has 2 aromatic heterocycles. The van der Waals surface area contributed by atoms with Gasteiger partial charge in [-0.15, -0.1) is 0 Å². The van der Waals surface area contributed by atoms with E-state index < -0.39 is 7.14 Å². The second kappa shape index (κ2) is 13.4. The first-order valence-electron chi connectivity index (χ1n) is 19.3. The van der Waals surface area contributed by atoms with Crippen LogP contribution in [-0.4, -0.2) is 25.2 Å². The summed E-state index contributed by atoms with van der Waals surface area (Å²) < 4.78 is 18.7. The van der Waals surface area contributed by atoms with Crippen LogP contribution in [0.2, 0.25) is 0 Å². The molecule has 6 heteroatoms. The first-order valence-corrected chi connectivity index (χ1v) is 21.1. The van der Waals surface area contributed by atoms with E-state index in [0.29, 0.717) is 24.0 Å². The number of rotatable bonds is 5. The van der Waals surface area contributed by atoms with Crippen molar-refractivity contribution in [1.29, 1.82) is 0 Å². The zero-order valence-electron chi connectivity index (χ0n) is 30.9. The highest BCUT2D eigenvalue weighted by molar-refractivity contribution is 7.80. The van der Waals surface area contributed by atoms with Gasteiger partial charge in [0.1, 0.15) is 0 Å². The number of nitrogens with zero attached hydrogens (tertiary/aromatic N) is 4. The number of aromatic nitrogens is 4. The van der Waals surface area contributed by atoms with E-state index in [-0.39, 0.29) is 5.66 Å². The summed E-state index contributed by atoms with van der Waals surface area (Å²) in [5, 5.41) is 5.02. The van der Waals surface area contributed by atoms with Crippen LogP contribution in [0.3, 0.4) is 0 Å². The van der Waals surface area contributed by atoms with Gasteiger partial charge in [-0.2, -0.15) is 9.97 Å². The Morgan fingerprint density at radius 3 is 1.96 bits per heavy atom. The maximum atomic E-state index is 16.5. The van der Waals surface area contributed by atoms with Crippen molar-refractivity contribution >= 4 is 45.0 Å². The molecule has 2 unspecified atom stereocenters. The molecule has 2 atom stereocenters. The molecular weight excluding hydrogens is 716 g/mol. The molecule has 57 heavy (non-hydrogen) atoms. The topological polar surface area (TPSA) is 60.7 Å². The minimum atomic E-state index is -3.31. The van der Waals surface area contributed by atoms with Crippen LogP contribution in [0.15, 0.2) is 194 Å². The third-order valence-electron chi connectivity index (χ3n) is 11.5. The Bertz CT molecular complexity index is 3130. The molecule has 0 N–H and O–H groups in total. The molecule has 11 rings (SSSR count). The first-order chi connectivity index (χ1) is 28.1. The summed E-state index contributed by atoms with van der Waals surface area (Å²) >= 11 is 0. The number of para-hydroxylation sites is 1. The van der Waals surface area contributed by atoms with Gasteiger partial charge in [-0.05, 0) is 51.6 Å². The first kappa shape index (κ1) is 33.4. The Labute approximate surface area is 330 Å². The fourth-order valence-electron chi connectivity index (χ4n) is 8.79. The van der Waals surface area contributed by atoms with E-state index in [4.69, 9.17) is 15.0 Å². The van der Waals surface area contributed by atoms with Gasteiger partial charge in [0, 0.05) is 32.7 Å². The third kappa shape index (κ3) is 5.38. The molecule has 7 aromatic carbocycles. The Balaban J connectivity index is 1.19. The zero-order valence-corrected chi connectivity index (χ0v) is 31.8. The second-order valence-corrected chi connectivity index (χ2v) is 17.6. The highest BCUT2D eigenvalue weighted by Crippen LogP contribution is 2.61. The van der Waals surface area contributed by atoms with Gasteiger partial charge in [0.2, 0.25) is 5.95 Å². The average molecular weight is 751 g/mol. The molecular formula is C51H35N4OP. The number of allylic oxidation sites excluding steroid dienone is 4. The highest BCUT2D eigenvalue weighted by Gasteiger charge is 2.46. The summed E-state index contributed by atoms with van der Waals surface area (Å²) in [6.45, 7) is 0. The van der Waals surface area contributed by atoms with Crippen molar-refractivity contribution in [2.45, 2.75) is 12.1 Å². The van der Waals surface area contributed by atoms with Gasteiger partial charge in [-0.3, -0.25) is 4.57 Å². The molecule has 0 saturated carbocycles. The van der Waals surface area contributed by atoms with E-state index >= 15 is 4.57 Å². The molecule has 0 saturated heterocycles. The highest BCUT2D eigenvalue weighted by atomic mass is 31.2. The summed E-state index contributed by atoms with van der Waals surface area (Å²) in [5.74, 6) is 1.67. The van der Waals surface area contributed by atoms with Gasteiger partial charge in [-0.1, -0.05) is 182 Å². The lowest BCUT2D eigenvalue weighted by Crippen LogP contribution is -2.27. The molecule has 1 aliphatic carbocycles. The van der Waals surface area contributed by atoms with Crippen molar-refractivity contribution in [3.8, 4) is 51.0 Å². The lowest BCUT2D eigenvalue weighted by atomic mass is 9.94. The Morgan fingerprint density at radius 1 is 0.561 bits per heavy atom. The SMILES string of the molecule is O=P1(c2ccc3ccccc3c2)c2ccccc2-c2c(n(-c3nc(-c4ccccc4)nc(-c4ccc(-c5ccccc5)cc4)n3)c3ccccc23)C2=CC=CCC21. The molecule has 0 spiro atoms. The minimum absolute atomic E-state index is 0.311. The molecule has 9 aromatic rings. The van der Waals surface area contributed by atoms with Crippen molar-refractivity contribution in [1.82, 2.24) is 19.5 Å². The molecule has 2 aliphatic rings. The van der Waals surface area contributed by atoms with E-state index in [1.54, 1.807) is 0 Å². The minimum Gasteiger partial charge on any atom is -0.313 e. The zero-order chi connectivity index (χ0) is 37.9. The van der Waals surface area contributed by atoms with Crippen LogP contribution in [0, 0.1) is 0 Å². The van der Waals surface area contributed by atoms with Crippen LogP contribution >= 0.6 is 7.14 Å². The normalized spacial score (nSPS) is 17.1. The quantitative estimate of drug-likeness (QED) is 0.164. The van der Waals surface area contributed by atoms with Gasteiger partial charge in [-0.25, -0.2) is 4.98 Å². The third-order valence-corrected chi connectivity index (χ3v) is 15.0. The summed E-state index contributed by atoms with van der Waals surface area (Å²) in [6, 6.07) is 60.4. The van der Waals surface area contributed by atoms with Crippen LogP contribution in [0.1, 0.15) is 12.1 Å². The van der Waals surface area contributed by atoms with E-state index in [9.17, 15) is 0 Å². The van der Waals surface area contributed by atoms with Gasteiger partial charge in [0.15, 0.2) is 18.8 Å². The predicted octanol–water partition coefficient (Wildman–Crippen LogP) is 11.7. The van der Waals surface area contributed by atoms with Gasteiger partial charge in [0.25, 0.3) is 0 Å². The molecule has 3 heterocycles. The van der Waals surface area contributed by atoms with Crippen LogP contribution in [0.25, 0.3) is 78.2 Å². The van der Waals surface area contributed by atoms with Gasteiger partial charge in [0.05, 0.1) is 16.9 Å². The molecule has 0 bridgehead atoms. The largest absolute Gasteiger partial charge is 0.313 e.